The average molecular weight is 230 g/mol. The molecule has 0 radical (unpaired) electrons. The van der Waals surface area contributed by atoms with E-state index in [0.29, 0.717) is 12.1 Å². The van der Waals surface area contributed by atoms with Gasteiger partial charge in [0.2, 0.25) is 0 Å². The van der Waals surface area contributed by atoms with Crippen molar-refractivity contribution in [3.63, 3.8) is 0 Å². The highest BCUT2D eigenvalue weighted by Crippen LogP contribution is 2.14. The first-order chi connectivity index (χ1) is 8.20. The van der Waals surface area contributed by atoms with Crippen LogP contribution in [-0.4, -0.2) is 22.7 Å². The smallest absolute Gasteiger partial charge is 0.185 e. The Balaban J connectivity index is 2.16. The Labute approximate surface area is 99.8 Å². The van der Waals surface area contributed by atoms with Gasteiger partial charge in [-0.3, -0.25) is 9.48 Å². The first-order valence-electron chi connectivity index (χ1n) is 5.35. The van der Waals surface area contributed by atoms with Crippen LogP contribution < -0.4 is 4.74 Å². The maximum absolute atomic E-state index is 12.0. The molecule has 0 fully saturated rings. The predicted molar refractivity (Wildman–Crippen MR) is 64.2 cm³/mol. The first kappa shape index (κ1) is 11.4. The summed E-state index contributed by atoms with van der Waals surface area (Å²) in [7, 11) is 3.38. The molecule has 0 N–H and O–H groups in total. The second kappa shape index (κ2) is 4.82. The molecule has 0 aliphatic carbocycles. The number of aryl methyl sites for hydroxylation is 1. The first-order valence-corrected chi connectivity index (χ1v) is 5.35. The van der Waals surface area contributed by atoms with Gasteiger partial charge in [0.25, 0.3) is 0 Å². The Bertz CT molecular complexity index is 532. The average Bonchev–Trinajstić information content (AvgIpc) is 2.76. The zero-order valence-electron chi connectivity index (χ0n) is 9.88. The SMILES string of the molecule is COc1cccc(CC(=O)c2ccnn2C)c1. The lowest BCUT2D eigenvalue weighted by Crippen LogP contribution is -2.09. The minimum absolute atomic E-state index is 0.0539. The zero-order chi connectivity index (χ0) is 12.3. The van der Waals surface area contributed by atoms with Crippen molar-refractivity contribution in [2.75, 3.05) is 7.11 Å². The van der Waals surface area contributed by atoms with E-state index in [1.54, 1.807) is 31.1 Å². The lowest BCUT2D eigenvalue weighted by molar-refractivity contribution is 0.0984. The van der Waals surface area contributed by atoms with Crippen LogP contribution in [0.2, 0.25) is 0 Å². The van der Waals surface area contributed by atoms with Gasteiger partial charge in [0.05, 0.1) is 7.11 Å². The quantitative estimate of drug-likeness (QED) is 0.753. The summed E-state index contributed by atoms with van der Waals surface area (Å²) >= 11 is 0. The van der Waals surface area contributed by atoms with Crippen molar-refractivity contribution >= 4 is 5.78 Å². The summed E-state index contributed by atoms with van der Waals surface area (Å²) in [5.41, 5.74) is 1.56. The van der Waals surface area contributed by atoms with Gasteiger partial charge in [-0.1, -0.05) is 12.1 Å². The molecule has 0 aliphatic rings. The predicted octanol–water partition coefficient (Wildman–Crippen LogP) is 1.85. The van der Waals surface area contributed by atoms with Crippen molar-refractivity contribution in [1.82, 2.24) is 9.78 Å². The fraction of sp³-hybridized carbons (Fsp3) is 0.231. The van der Waals surface area contributed by atoms with Gasteiger partial charge in [0, 0.05) is 19.7 Å². The maximum atomic E-state index is 12.0. The Kier molecular flexibility index (Phi) is 3.23. The normalized spacial score (nSPS) is 10.2. The van der Waals surface area contributed by atoms with E-state index in [1.807, 2.05) is 24.3 Å². The van der Waals surface area contributed by atoms with Gasteiger partial charge in [0.15, 0.2) is 5.78 Å². The van der Waals surface area contributed by atoms with E-state index in [2.05, 4.69) is 5.10 Å². The molecule has 2 rings (SSSR count). The highest BCUT2D eigenvalue weighted by atomic mass is 16.5. The molecule has 4 heteroatoms. The summed E-state index contributed by atoms with van der Waals surface area (Å²) in [6, 6.07) is 9.25. The standard InChI is InChI=1S/C13H14N2O2/c1-15-12(6-7-14-15)13(16)9-10-4-3-5-11(8-10)17-2/h3-8H,9H2,1-2H3. The van der Waals surface area contributed by atoms with Gasteiger partial charge < -0.3 is 4.74 Å². The molecule has 0 unspecified atom stereocenters. The summed E-state index contributed by atoms with van der Waals surface area (Å²) in [6.07, 6.45) is 1.98. The highest BCUT2D eigenvalue weighted by Gasteiger charge is 2.10. The van der Waals surface area contributed by atoms with Crippen LogP contribution in [0.3, 0.4) is 0 Å². The highest BCUT2D eigenvalue weighted by molar-refractivity contribution is 5.95. The molecule has 0 atom stereocenters. The third-order valence-electron chi connectivity index (χ3n) is 2.61. The monoisotopic (exact) mass is 230 g/mol. The fourth-order valence-electron chi connectivity index (χ4n) is 1.71. The Morgan fingerprint density at radius 1 is 1.41 bits per heavy atom. The van der Waals surface area contributed by atoms with Gasteiger partial charge in [-0.15, -0.1) is 0 Å². The molecule has 0 bridgehead atoms. The second-order valence-corrected chi connectivity index (χ2v) is 3.79. The van der Waals surface area contributed by atoms with E-state index in [9.17, 15) is 4.79 Å². The molecule has 1 aromatic carbocycles. The van der Waals surface area contributed by atoms with E-state index < -0.39 is 0 Å². The summed E-state index contributed by atoms with van der Waals surface area (Å²) in [5, 5.41) is 3.98. The van der Waals surface area contributed by atoms with Crippen LogP contribution in [0.1, 0.15) is 16.1 Å². The number of carbonyl (C=O) groups is 1. The van der Waals surface area contributed by atoms with Crippen molar-refractivity contribution in [3.05, 3.63) is 47.8 Å². The van der Waals surface area contributed by atoms with Gasteiger partial charge in [-0.05, 0) is 23.8 Å². The number of aromatic nitrogens is 2. The van der Waals surface area contributed by atoms with E-state index in [-0.39, 0.29) is 5.78 Å². The van der Waals surface area contributed by atoms with Crippen LogP contribution in [0, 0.1) is 0 Å². The molecular weight excluding hydrogens is 216 g/mol. The third-order valence-corrected chi connectivity index (χ3v) is 2.61. The molecule has 0 saturated carbocycles. The van der Waals surface area contributed by atoms with Crippen molar-refractivity contribution in [2.45, 2.75) is 6.42 Å². The number of nitrogens with zero attached hydrogens (tertiary/aromatic N) is 2. The van der Waals surface area contributed by atoms with Crippen LogP contribution in [0.15, 0.2) is 36.5 Å². The van der Waals surface area contributed by atoms with E-state index in [1.165, 1.54) is 0 Å². The van der Waals surface area contributed by atoms with Crippen LogP contribution in [-0.2, 0) is 13.5 Å². The molecular formula is C13H14N2O2. The summed E-state index contributed by atoms with van der Waals surface area (Å²) in [5.74, 6) is 0.818. The Hall–Kier alpha value is -2.10. The van der Waals surface area contributed by atoms with Crippen molar-refractivity contribution in [3.8, 4) is 5.75 Å². The Morgan fingerprint density at radius 3 is 2.88 bits per heavy atom. The van der Waals surface area contributed by atoms with Crippen LogP contribution in [0.5, 0.6) is 5.75 Å². The van der Waals surface area contributed by atoms with Gasteiger partial charge in [-0.2, -0.15) is 5.10 Å². The molecule has 88 valence electrons. The molecule has 1 aromatic heterocycles. The summed E-state index contributed by atoms with van der Waals surface area (Å²) < 4.78 is 6.71. The Morgan fingerprint density at radius 2 is 2.24 bits per heavy atom. The second-order valence-electron chi connectivity index (χ2n) is 3.79. The minimum Gasteiger partial charge on any atom is -0.497 e. The molecule has 0 spiro atoms. The van der Waals surface area contributed by atoms with Gasteiger partial charge in [-0.25, -0.2) is 0 Å². The number of Topliss-reactive ketones (excluding diaryl/α,β-unsaturated/α-hetero) is 1. The maximum Gasteiger partial charge on any atom is 0.185 e. The summed E-state index contributed by atoms with van der Waals surface area (Å²) in [4.78, 5) is 12.0. The third kappa shape index (κ3) is 2.53. The van der Waals surface area contributed by atoms with Gasteiger partial charge in [0.1, 0.15) is 11.4 Å². The zero-order valence-corrected chi connectivity index (χ0v) is 9.88. The van der Waals surface area contributed by atoms with Crippen LogP contribution in [0.4, 0.5) is 0 Å². The van der Waals surface area contributed by atoms with Gasteiger partial charge >= 0.3 is 0 Å². The summed E-state index contributed by atoms with van der Waals surface area (Å²) in [6.45, 7) is 0. The number of ketones is 1. The number of carbonyl (C=O) groups excluding carboxylic acids is 1. The number of ether oxygens (including phenoxy) is 1. The minimum atomic E-state index is 0.0539. The number of hydrogen-bond donors (Lipinski definition) is 0. The van der Waals surface area contributed by atoms with Crippen LogP contribution >= 0.6 is 0 Å². The topological polar surface area (TPSA) is 44.1 Å². The number of methoxy groups -OCH3 is 1. The molecule has 0 amide bonds. The lowest BCUT2D eigenvalue weighted by Gasteiger charge is -2.04. The molecule has 2 aromatic rings. The number of rotatable bonds is 4. The fourth-order valence-corrected chi connectivity index (χ4v) is 1.71. The molecule has 0 saturated heterocycles. The number of hydrogen-bond acceptors (Lipinski definition) is 3. The largest absolute Gasteiger partial charge is 0.497 e. The molecule has 17 heavy (non-hydrogen) atoms. The van der Waals surface area contributed by atoms with E-state index >= 15 is 0 Å². The van der Waals surface area contributed by atoms with Crippen molar-refractivity contribution < 1.29 is 9.53 Å². The lowest BCUT2D eigenvalue weighted by atomic mass is 10.1. The van der Waals surface area contributed by atoms with Crippen molar-refractivity contribution in [2.24, 2.45) is 7.05 Å². The van der Waals surface area contributed by atoms with Crippen LogP contribution in [0.25, 0.3) is 0 Å². The molecule has 1 heterocycles. The molecule has 0 aliphatic heterocycles. The molecule has 4 nitrogen and oxygen atoms in total. The number of benzene rings is 1. The van der Waals surface area contributed by atoms with E-state index in [4.69, 9.17) is 4.74 Å². The van der Waals surface area contributed by atoms with E-state index in [0.717, 1.165) is 11.3 Å². The van der Waals surface area contributed by atoms with Crippen molar-refractivity contribution in [1.29, 1.82) is 0 Å².